The first kappa shape index (κ1) is 31.9. The van der Waals surface area contributed by atoms with E-state index in [-0.39, 0.29) is 5.41 Å². The molecule has 0 atom stereocenters. The van der Waals surface area contributed by atoms with Gasteiger partial charge in [0.15, 0.2) is 38.7 Å². The van der Waals surface area contributed by atoms with E-state index in [1.54, 1.807) is 0 Å². The summed E-state index contributed by atoms with van der Waals surface area (Å²) in [7, 11) is -17.0. The van der Waals surface area contributed by atoms with Crippen molar-refractivity contribution in [2.45, 2.75) is 105 Å². The molecule has 0 radical (unpaired) electrons. The van der Waals surface area contributed by atoms with Crippen LogP contribution in [0.2, 0.25) is 91.7 Å². The smallest absolute Gasteiger partial charge is 0.417 e. The minimum Gasteiger partial charge on any atom is -0.417 e. The molecule has 0 aliphatic rings. The second-order valence-electron chi connectivity index (χ2n) is 12.0. The van der Waals surface area contributed by atoms with Crippen molar-refractivity contribution in [3.05, 3.63) is 0 Å². The van der Waals surface area contributed by atoms with Gasteiger partial charge in [0, 0.05) is 19.5 Å². The lowest BCUT2D eigenvalue weighted by atomic mass is 10.6. The highest BCUT2D eigenvalue weighted by Crippen LogP contribution is 2.27. The lowest BCUT2D eigenvalue weighted by molar-refractivity contribution is -0.114. The Kier molecular flexibility index (Phi) is 11.5. The van der Waals surface area contributed by atoms with Crippen molar-refractivity contribution >= 4 is 65.6 Å². The summed E-state index contributed by atoms with van der Waals surface area (Å²) in [5.41, 5.74) is 0. The molecule has 186 valence electrons. The Morgan fingerprint density at radius 1 is 0.548 bits per heavy atom. The molecule has 0 aromatic heterocycles. The van der Waals surface area contributed by atoms with Crippen molar-refractivity contribution in [3.63, 3.8) is 0 Å². The van der Waals surface area contributed by atoms with Gasteiger partial charge in [-0.1, -0.05) is 6.92 Å². The van der Waals surface area contributed by atoms with E-state index in [9.17, 15) is 4.79 Å². The highest BCUT2D eigenvalue weighted by molar-refractivity contribution is 6.96. The van der Waals surface area contributed by atoms with Crippen molar-refractivity contribution in [1.82, 2.24) is 0 Å². The Labute approximate surface area is 199 Å². The zero-order valence-corrected chi connectivity index (χ0v) is 29.8. The average Bonchev–Trinajstić information content (AvgIpc) is 2.35. The normalized spacial score (nSPS) is 15.0. The zero-order valence-electron chi connectivity index (χ0n) is 22.6. The lowest BCUT2D eigenvalue weighted by Gasteiger charge is -2.42. The van der Waals surface area contributed by atoms with E-state index in [0.29, 0.717) is 6.42 Å². The minimum absolute atomic E-state index is 0.0193. The largest absolute Gasteiger partial charge is 0.467 e. The van der Waals surface area contributed by atoms with E-state index in [0.717, 1.165) is 0 Å². The molecule has 0 spiro atoms. The quantitative estimate of drug-likeness (QED) is 0.267. The third-order valence-corrected chi connectivity index (χ3v) is 25.0. The molecule has 0 aromatic rings. The summed E-state index contributed by atoms with van der Waals surface area (Å²) in [6.07, 6.45) is 0.339. The highest BCUT2D eigenvalue weighted by atomic mass is 28.5. The predicted molar refractivity (Wildman–Crippen MR) is 146 cm³/mol. The Hall–Kier alpha value is 0.948. The van der Waals surface area contributed by atoms with E-state index in [2.05, 4.69) is 78.6 Å². The zero-order chi connectivity index (χ0) is 25.1. The maximum atomic E-state index is 13.0. The monoisotopic (exact) mass is 560 g/mol. The Morgan fingerprint density at radius 2 is 0.774 bits per heavy atom. The molecule has 7 nitrogen and oxygen atoms in total. The van der Waals surface area contributed by atoms with Crippen molar-refractivity contribution in [1.29, 1.82) is 0 Å². The van der Waals surface area contributed by atoms with Gasteiger partial charge in [-0.2, -0.15) is 0 Å². The number of hydrogen-bond acceptors (Lipinski definition) is 7. The van der Waals surface area contributed by atoms with Gasteiger partial charge in [0.2, 0.25) is 0 Å². The van der Waals surface area contributed by atoms with Crippen LogP contribution in [0, 0.1) is 0 Å². The first-order valence-electron chi connectivity index (χ1n) is 11.1. The third kappa shape index (κ3) is 15.5. The molecule has 0 aromatic carbocycles. The molecule has 0 fully saturated rings. The predicted octanol–water partition coefficient (Wildman–Crippen LogP) is 5.30. The first-order chi connectivity index (χ1) is 13.4. The maximum absolute atomic E-state index is 13.0. The van der Waals surface area contributed by atoms with Crippen molar-refractivity contribution in [2.24, 2.45) is 0 Å². The number of carbonyl (C=O) groups is 1. The van der Waals surface area contributed by atoms with E-state index < -0.39 is 60.2 Å². The van der Waals surface area contributed by atoms with Crippen molar-refractivity contribution < 1.29 is 29.5 Å². The average molecular weight is 561 g/mol. The summed E-state index contributed by atoms with van der Waals surface area (Å²) in [6, 6.07) is 0. The fraction of sp³-hybridized carbons (Fsp3) is 0.941. The molecule has 0 heterocycles. The maximum Gasteiger partial charge on any atom is 0.467 e. The molecule has 0 N–H and O–H groups in total. The Bertz CT molecular complexity index is 516. The van der Waals surface area contributed by atoms with Crippen LogP contribution in [0.4, 0.5) is 0 Å². The Balaban J connectivity index is 6.12. The van der Waals surface area contributed by atoms with Crippen LogP contribution in [0.25, 0.3) is 0 Å². The van der Waals surface area contributed by atoms with Gasteiger partial charge in [0.25, 0.3) is 0 Å². The van der Waals surface area contributed by atoms with Gasteiger partial charge in [-0.3, -0.25) is 4.79 Å². The van der Waals surface area contributed by atoms with E-state index in [4.69, 9.17) is 24.7 Å². The Morgan fingerprint density at radius 3 is 0.935 bits per heavy atom. The van der Waals surface area contributed by atoms with Crippen LogP contribution in [0.3, 0.4) is 0 Å². The van der Waals surface area contributed by atoms with E-state index in [1.165, 1.54) is 0 Å². The SMILES string of the molecule is CCC(=O)[SiH](O[Si](C)(O[Si](C)(C)C)O[Si](C)(C)C)O[Si](C)(O[Si](C)(C)C)O[Si](C)(C)C. The van der Waals surface area contributed by atoms with Crippen molar-refractivity contribution in [3.8, 4) is 0 Å². The first-order valence-corrected chi connectivity index (χ1v) is 30.7. The highest BCUT2D eigenvalue weighted by Gasteiger charge is 2.51. The standard InChI is InChI=1S/C17H48O7Si7/c1-16-17(18)25(19-30(14,21-26(2,3)4)22-27(5,6)7)20-31(15,23-28(8,9)10)24-29(11,12)13/h25H,16H2,1-15H3. The molecule has 0 aliphatic carbocycles. The number of rotatable bonds is 14. The second kappa shape index (κ2) is 11.1. The van der Waals surface area contributed by atoms with Crippen LogP contribution in [0.5, 0.6) is 0 Å². The molecule has 0 unspecified atom stereocenters. The molecule has 0 rings (SSSR count). The summed E-state index contributed by atoms with van der Waals surface area (Å²) in [4.78, 5) is 13.0. The van der Waals surface area contributed by atoms with Crippen LogP contribution in [0.15, 0.2) is 0 Å². The molecule has 0 bridgehead atoms. The third-order valence-electron chi connectivity index (χ3n) is 3.22. The van der Waals surface area contributed by atoms with Crippen LogP contribution in [0.1, 0.15) is 13.3 Å². The van der Waals surface area contributed by atoms with Crippen molar-refractivity contribution in [2.75, 3.05) is 0 Å². The van der Waals surface area contributed by atoms with Crippen LogP contribution in [-0.2, 0) is 29.5 Å². The van der Waals surface area contributed by atoms with Gasteiger partial charge >= 0.3 is 26.9 Å². The van der Waals surface area contributed by atoms with E-state index in [1.807, 2.05) is 20.0 Å². The summed E-state index contributed by atoms with van der Waals surface area (Å²) in [5, 5.41) is -0.0193. The minimum atomic E-state index is -3.11. The number of carbonyl (C=O) groups excluding carboxylic acids is 1. The topological polar surface area (TPSA) is 72.5 Å². The summed E-state index contributed by atoms with van der Waals surface area (Å²) in [6.45, 7) is 30.9. The van der Waals surface area contributed by atoms with Gasteiger partial charge in [0.05, 0.1) is 0 Å². The molecular formula is C17H48O7Si7. The van der Waals surface area contributed by atoms with Crippen LogP contribution < -0.4 is 0 Å². The van der Waals surface area contributed by atoms with Gasteiger partial charge in [-0.25, -0.2) is 0 Å². The molecule has 0 aliphatic heterocycles. The molecular weight excluding hydrogens is 513 g/mol. The molecule has 0 amide bonds. The van der Waals surface area contributed by atoms with E-state index >= 15 is 0 Å². The van der Waals surface area contributed by atoms with Gasteiger partial charge in [0.1, 0.15) is 0 Å². The summed E-state index contributed by atoms with van der Waals surface area (Å²) >= 11 is 0. The van der Waals surface area contributed by atoms with Gasteiger partial charge < -0.3 is 24.7 Å². The lowest BCUT2D eigenvalue weighted by Crippen LogP contribution is -2.63. The number of hydrogen-bond donors (Lipinski definition) is 0. The fourth-order valence-electron chi connectivity index (χ4n) is 3.07. The van der Waals surface area contributed by atoms with Gasteiger partial charge in [-0.15, -0.1) is 0 Å². The van der Waals surface area contributed by atoms with Crippen LogP contribution >= 0.6 is 0 Å². The molecule has 0 saturated heterocycles. The van der Waals surface area contributed by atoms with Crippen LogP contribution in [-0.4, -0.2) is 65.6 Å². The fourth-order valence-corrected chi connectivity index (χ4v) is 29.6. The molecule has 14 heteroatoms. The summed E-state index contributed by atoms with van der Waals surface area (Å²) < 4.78 is 38.9. The second-order valence-corrected chi connectivity index (χ2v) is 38.8. The molecule has 31 heavy (non-hydrogen) atoms. The van der Waals surface area contributed by atoms with Gasteiger partial charge in [-0.05, 0) is 78.6 Å². The summed E-state index contributed by atoms with van der Waals surface area (Å²) in [5.74, 6) is 0. The molecule has 0 saturated carbocycles.